The predicted molar refractivity (Wildman–Crippen MR) is 64.3 cm³/mol. The molecule has 0 saturated heterocycles. The van der Waals surface area contributed by atoms with E-state index >= 15 is 0 Å². The van der Waals surface area contributed by atoms with Crippen molar-refractivity contribution in [1.82, 2.24) is 0 Å². The van der Waals surface area contributed by atoms with E-state index in [1.54, 1.807) is 13.2 Å². The van der Waals surface area contributed by atoms with Crippen LogP contribution in [0, 0.1) is 0 Å². The SMILES string of the molecule is COc1cc(Cl)c(O)c(C2(CN)CCC2)c1. The molecule has 0 unspecified atom stereocenters. The number of ether oxygens (including phenoxy) is 1. The van der Waals surface area contributed by atoms with Gasteiger partial charge in [-0.1, -0.05) is 18.0 Å². The molecule has 2 rings (SSSR count). The molecule has 0 radical (unpaired) electrons. The highest BCUT2D eigenvalue weighted by Crippen LogP contribution is 2.49. The number of phenols is 1. The highest BCUT2D eigenvalue weighted by Gasteiger charge is 2.40. The summed E-state index contributed by atoms with van der Waals surface area (Å²) < 4.78 is 5.16. The number of phenolic OH excluding ortho intramolecular Hbond substituents is 1. The Morgan fingerprint density at radius 2 is 2.19 bits per heavy atom. The molecule has 88 valence electrons. The molecule has 0 atom stereocenters. The maximum Gasteiger partial charge on any atom is 0.138 e. The van der Waals surface area contributed by atoms with Crippen LogP contribution in [0.1, 0.15) is 24.8 Å². The average Bonchev–Trinajstić information content (AvgIpc) is 2.23. The summed E-state index contributed by atoms with van der Waals surface area (Å²) in [7, 11) is 1.59. The molecule has 3 N–H and O–H groups in total. The minimum atomic E-state index is -0.109. The smallest absolute Gasteiger partial charge is 0.138 e. The summed E-state index contributed by atoms with van der Waals surface area (Å²) in [5.41, 5.74) is 6.53. The van der Waals surface area contributed by atoms with Crippen LogP contribution in [-0.4, -0.2) is 18.8 Å². The van der Waals surface area contributed by atoms with E-state index in [-0.39, 0.29) is 11.2 Å². The first-order valence-corrected chi connectivity index (χ1v) is 5.78. The number of halogens is 1. The van der Waals surface area contributed by atoms with E-state index in [1.807, 2.05) is 6.07 Å². The highest BCUT2D eigenvalue weighted by atomic mass is 35.5. The van der Waals surface area contributed by atoms with Gasteiger partial charge in [0.1, 0.15) is 11.5 Å². The molecule has 4 heteroatoms. The topological polar surface area (TPSA) is 55.5 Å². The summed E-state index contributed by atoms with van der Waals surface area (Å²) in [5, 5.41) is 10.3. The van der Waals surface area contributed by atoms with Crippen LogP contribution >= 0.6 is 11.6 Å². The second kappa shape index (κ2) is 4.15. The van der Waals surface area contributed by atoms with Crippen LogP contribution in [0.4, 0.5) is 0 Å². The van der Waals surface area contributed by atoms with E-state index < -0.39 is 0 Å². The molecule has 0 spiro atoms. The van der Waals surface area contributed by atoms with Crippen LogP contribution in [0.5, 0.6) is 11.5 Å². The molecule has 1 saturated carbocycles. The van der Waals surface area contributed by atoms with Gasteiger partial charge >= 0.3 is 0 Å². The van der Waals surface area contributed by atoms with Gasteiger partial charge in [-0.3, -0.25) is 0 Å². The van der Waals surface area contributed by atoms with Crippen molar-refractivity contribution < 1.29 is 9.84 Å². The lowest BCUT2D eigenvalue weighted by molar-refractivity contribution is 0.244. The number of methoxy groups -OCH3 is 1. The van der Waals surface area contributed by atoms with Crippen molar-refractivity contribution >= 4 is 11.6 Å². The van der Waals surface area contributed by atoms with Crippen molar-refractivity contribution in [2.75, 3.05) is 13.7 Å². The van der Waals surface area contributed by atoms with Gasteiger partial charge in [-0.05, 0) is 18.9 Å². The zero-order valence-corrected chi connectivity index (χ0v) is 10.0. The minimum absolute atomic E-state index is 0.109. The van der Waals surface area contributed by atoms with Crippen LogP contribution in [0.25, 0.3) is 0 Å². The molecule has 16 heavy (non-hydrogen) atoms. The Morgan fingerprint density at radius 3 is 2.62 bits per heavy atom. The molecule has 1 aliphatic carbocycles. The van der Waals surface area contributed by atoms with E-state index in [9.17, 15) is 5.11 Å². The number of hydrogen-bond donors (Lipinski definition) is 2. The average molecular weight is 242 g/mol. The number of nitrogens with two attached hydrogens (primary N) is 1. The van der Waals surface area contributed by atoms with Gasteiger partial charge in [-0.2, -0.15) is 0 Å². The van der Waals surface area contributed by atoms with Crippen molar-refractivity contribution in [3.8, 4) is 11.5 Å². The van der Waals surface area contributed by atoms with E-state index in [0.717, 1.165) is 24.8 Å². The minimum Gasteiger partial charge on any atom is -0.506 e. The molecule has 0 heterocycles. The molecule has 3 nitrogen and oxygen atoms in total. The molecule has 0 amide bonds. The first kappa shape index (κ1) is 11.6. The fourth-order valence-corrected chi connectivity index (χ4v) is 2.49. The maximum absolute atomic E-state index is 10.0. The number of rotatable bonds is 3. The third-order valence-electron chi connectivity index (χ3n) is 3.55. The molecule has 0 bridgehead atoms. The quantitative estimate of drug-likeness (QED) is 0.855. The van der Waals surface area contributed by atoms with Gasteiger partial charge in [0.2, 0.25) is 0 Å². The van der Waals surface area contributed by atoms with Gasteiger partial charge in [0.15, 0.2) is 0 Å². The third-order valence-corrected chi connectivity index (χ3v) is 3.83. The Balaban J connectivity index is 2.50. The first-order chi connectivity index (χ1) is 7.63. The second-order valence-electron chi connectivity index (χ2n) is 4.34. The summed E-state index contributed by atoms with van der Waals surface area (Å²) in [6.45, 7) is 0.532. The summed E-state index contributed by atoms with van der Waals surface area (Å²) in [4.78, 5) is 0. The lowest BCUT2D eigenvalue weighted by Gasteiger charge is -2.42. The summed E-state index contributed by atoms with van der Waals surface area (Å²) in [6.07, 6.45) is 3.15. The zero-order valence-electron chi connectivity index (χ0n) is 9.29. The van der Waals surface area contributed by atoms with Crippen LogP contribution in [-0.2, 0) is 5.41 Å². The van der Waals surface area contributed by atoms with Crippen molar-refractivity contribution in [1.29, 1.82) is 0 Å². The Morgan fingerprint density at radius 1 is 1.50 bits per heavy atom. The van der Waals surface area contributed by atoms with Gasteiger partial charge in [0.05, 0.1) is 12.1 Å². The van der Waals surface area contributed by atoms with E-state index in [2.05, 4.69) is 0 Å². The van der Waals surface area contributed by atoms with Crippen LogP contribution < -0.4 is 10.5 Å². The van der Waals surface area contributed by atoms with E-state index in [4.69, 9.17) is 22.1 Å². The van der Waals surface area contributed by atoms with Gasteiger partial charge in [-0.15, -0.1) is 0 Å². The van der Waals surface area contributed by atoms with Crippen LogP contribution in [0.2, 0.25) is 5.02 Å². The molecule has 1 aromatic carbocycles. The Hall–Kier alpha value is -0.930. The maximum atomic E-state index is 10.0. The van der Waals surface area contributed by atoms with E-state index in [0.29, 0.717) is 17.3 Å². The van der Waals surface area contributed by atoms with Crippen molar-refractivity contribution in [2.24, 2.45) is 5.73 Å². The molecule has 1 aliphatic rings. The monoisotopic (exact) mass is 241 g/mol. The largest absolute Gasteiger partial charge is 0.506 e. The summed E-state index contributed by atoms with van der Waals surface area (Å²) in [5.74, 6) is 0.810. The van der Waals surface area contributed by atoms with E-state index in [1.165, 1.54) is 0 Å². The van der Waals surface area contributed by atoms with Crippen LogP contribution in [0.15, 0.2) is 12.1 Å². The molecular formula is C12H16ClNO2. The molecule has 0 aliphatic heterocycles. The standard InChI is InChI=1S/C12H16ClNO2/c1-16-8-5-9(11(15)10(13)6-8)12(7-14)3-2-4-12/h5-6,15H,2-4,7,14H2,1H3. The third kappa shape index (κ3) is 1.64. The van der Waals surface area contributed by atoms with Gasteiger partial charge in [-0.25, -0.2) is 0 Å². The first-order valence-electron chi connectivity index (χ1n) is 5.40. The Labute approximate surface area is 100 Å². The van der Waals surface area contributed by atoms with Crippen molar-refractivity contribution in [2.45, 2.75) is 24.7 Å². The molecule has 1 fully saturated rings. The second-order valence-corrected chi connectivity index (χ2v) is 4.75. The number of benzene rings is 1. The zero-order chi connectivity index (χ0) is 11.8. The Kier molecular flexibility index (Phi) is 3.00. The molecular weight excluding hydrogens is 226 g/mol. The van der Waals surface area contributed by atoms with Crippen molar-refractivity contribution in [3.63, 3.8) is 0 Å². The lowest BCUT2D eigenvalue weighted by atomic mass is 9.64. The normalized spacial score (nSPS) is 17.9. The number of aromatic hydroxyl groups is 1. The van der Waals surface area contributed by atoms with Gasteiger partial charge < -0.3 is 15.6 Å². The molecule has 1 aromatic rings. The van der Waals surface area contributed by atoms with Crippen molar-refractivity contribution in [3.05, 3.63) is 22.7 Å². The summed E-state index contributed by atoms with van der Waals surface area (Å²) in [6, 6.07) is 3.45. The fraction of sp³-hybridized carbons (Fsp3) is 0.500. The lowest BCUT2D eigenvalue weighted by Crippen LogP contribution is -2.41. The predicted octanol–water partition coefficient (Wildman–Crippen LogP) is 2.43. The number of hydrogen-bond acceptors (Lipinski definition) is 3. The van der Waals surface area contributed by atoms with Gasteiger partial charge in [0, 0.05) is 23.6 Å². The highest BCUT2D eigenvalue weighted by molar-refractivity contribution is 6.32. The fourth-order valence-electron chi connectivity index (χ4n) is 2.28. The van der Waals surface area contributed by atoms with Gasteiger partial charge in [0.25, 0.3) is 0 Å². The van der Waals surface area contributed by atoms with Crippen LogP contribution in [0.3, 0.4) is 0 Å². The Bertz CT molecular complexity index is 397. The summed E-state index contributed by atoms with van der Waals surface area (Å²) >= 11 is 5.97. The molecule has 0 aromatic heterocycles.